The zero-order valence-electron chi connectivity index (χ0n) is 11.7. The number of hydrogen-bond acceptors (Lipinski definition) is 4. The van der Waals surface area contributed by atoms with Gasteiger partial charge in [-0.1, -0.05) is 33.6 Å². The van der Waals surface area contributed by atoms with E-state index >= 15 is 0 Å². The fraction of sp³-hybridized carbons (Fsp3) is 0.267. The van der Waals surface area contributed by atoms with Gasteiger partial charge in [0.15, 0.2) is 0 Å². The average molecular weight is 389 g/mol. The molecule has 0 saturated carbocycles. The number of rotatable bonds is 5. The second-order valence-electron chi connectivity index (χ2n) is 4.54. The number of carbonyl (C=O) groups excluding carboxylic acids is 1. The number of ether oxygens (including phenoxy) is 1. The van der Waals surface area contributed by atoms with E-state index in [1.807, 2.05) is 18.2 Å². The van der Waals surface area contributed by atoms with Gasteiger partial charge in [0.1, 0.15) is 0 Å². The van der Waals surface area contributed by atoms with Gasteiger partial charge in [-0.05, 0) is 36.8 Å². The Labute approximate surface area is 141 Å². The van der Waals surface area contributed by atoms with Crippen molar-refractivity contribution in [2.24, 2.45) is 0 Å². The van der Waals surface area contributed by atoms with E-state index in [0.717, 1.165) is 14.4 Å². The Morgan fingerprint density at radius 3 is 2.76 bits per heavy atom. The molecule has 112 valence electrons. The molecule has 1 unspecified atom stereocenters. The van der Waals surface area contributed by atoms with Gasteiger partial charge < -0.3 is 10.1 Å². The van der Waals surface area contributed by atoms with Crippen LogP contribution in [-0.4, -0.2) is 13.1 Å². The Balaban J connectivity index is 2.01. The molecule has 0 aliphatic heterocycles. The molecule has 1 N–H and O–H groups in total. The molecule has 2 rings (SSSR count). The highest BCUT2D eigenvalue weighted by atomic mass is 79.9. The van der Waals surface area contributed by atoms with Gasteiger partial charge in [0, 0.05) is 21.9 Å². The van der Waals surface area contributed by atoms with E-state index in [1.165, 1.54) is 12.0 Å². The van der Waals surface area contributed by atoms with Crippen LogP contribution >= 0.6 is 38.9 Å². The Bertz CT molecular complexity index is 644. The first kappa shape index (κ1) is 16.5. The van der Waals surface area contributed by atoms with E-state index in [0.29, 0.717) is 12.1 Å². The van der Waals surface area contributed by atoms with Gasteiger partial charge in [-0.25, -0.2) is 4.79 Å². The summed E-state index contributed by atoms with van der Waals surface area (Å²) in [5.41, 5.74) is 1.61. The normalized spacial score (nSPS) is 12.2. The lowest BCUT2D eigenvalue weighted by Crippen LogP contribution is -2.17. The maximum absolute atomic E-state index is 11.5. The smallest absolute Gasteiger partial charge is 0.337 e. The van der Waals surface area contributed by atoms with Gasteiger partial charge in [-0.3, -0.25) is 0 Å². The third kappa shape index (κ3) is 4.30. The zero-order valence-corrected chi connectivity index (χ0v) is 14.8. The molecule has 21 heavy (non-hydrogen) atoms. The molecule has 0 spiro atoms. The molecule has 0 fully saturated rings. The van der Waals surface area contributed by atoms with Crippen LogP contribution in [0, 0.1) is 0 Å². The van der Waals surface area contributed by atoms with Gasteiger partial charge in [0.05, 0.1) is 17.0 Å². The fourth-order valence-electron chi connectivity index (χ4n) is 1.86. The van der Waals surface area contributed by atoms with Crippen molar-refractivity contribution in [2.45, 2.75) is 19.5 Å². The topological polar surface area (TPSA) is 38.3 Å². The summed E-state index contributed by atoms with van der Waals surface area (Å²) in [4.78, 5) is 12.7. The van der Waals surface area contributed by atoms with Crippen LogP contribution in [0.2, 0.25) is 4.34 Å². The van der Waals surface area contributed by atoms with Crippen molar-refractivity contribution in [3.05, 3.63) is 55.1 Å². The van der Waals surface area contributed by atoms with E-state index < -0.39 is 0 Å². The summed E-state index contributed by atoms with van der Waals surface area (Å²) in [5, 5.41) is 3.44. The van der Waals surface area contributed by atoms with Gasteiger partial charge in [-0.15, -0.1) is 11.3 Å². The second-order valence-corrected chi connectivity index (χ2v) is 7.14. The predicted molar refractivity (Wildman–Crippen MR) is 90.1 cm³/mol. The molecular formula is C15H15BrClNO2S. The molecule has 1 aromatic heterocycles. The van der Waals surface area contributed by atoms with Gasteiger partial charge in [0.25, 0.3) is 0 Å². The van der Waals surface area contributed by atoms with Crippen LogP contribution in [0.15, 0.2) is 34.8 Å². The minimum atomic E-state index is -0.336. The summed E-state index contributed by atoms with van der Waals surface area (Å²) < 4.78 is 6.38. The molecule has 0 aliphatic carbocycles. The number of carbonyl (C=O) groups is 1. The van der Waals surface area contributed by atoms with Crippen LogP contribution in [-0.2, 0) is 11.3 Å². The molecule has 1 heterocycles. The maximum Gasteiger partial charge on any atom is 0.337 e. The Kier molecular flexibility index (Phi) is 5.81. The minimum Gasteiger partial charge on any atom is -0.465 e. The predicted octanol–water partition coefficient (Wildman–Crippen LogP) is 4.80. The lowest BCUT2D eigenvalue weighted by atomic mass is 10.1. The SMILES string of the molecule is COC(=O)c1ccc(CNC(C)c2ccc(Cl)s2)c(Br)c1. The highest BCUT2D eigenvalue weighted by Crippen LogP contribution is 2.27. The summed E-state index contributed by atoms with van der Waals surface area (Å²) in [6.07, 6.45) is 0. The van der Waals surface area contributed by atoms with Crippen molar-refractivity contribution in [1.82, 2.24) is 5.32 Å². The number of halogens is 2. The summed E-state index contributed by atoms with van der Waals surface area (Å²) in [6, 6.07) is 9.60. The highest BCUT2D eigenvalue weighted by molar-refractivity contribution is 9.10. The van der Waals surface area contributed by atoms with Gasteiger partial charge in [-0.2, -0.15) is 0 Å². The second kappa shape index (κ2) is 7.40. The first-order valence-corrected chi connectivity index (χ1v) is 8.35. The zero-order chi connectivity index (χ0) is 15.4. The fourth-order valence-corrected chi connectivity index (χ4v) is 3.47. The molecule has 6 heteroatoms. The van der Waals surface area contributed by atoms with Crippen molar-refractivity contribution < 1.29 is 9.53 Å². The van der Waals surface area contributed by atoms with Gasteiger partial charge >= 0.3 is 5.97 Å². The maximum atomic E-state index is 11.5. The molecule has 1 aromatic carbocycles. The average Bonchev–Trinajstić information content (AvgIpc) is 2.91. The lowest BCUT2D eigenvalue weighted by molar-refractivity contribution is 0.0600. The molecule has 0 radical (unpaired) electrons. The number of thiophene rings is 1. The third-order valence-corrected chi connectivity index (χ3v) is 5.25. The molecule has 1 atom stereocenters. The first-order valence-electron chi connectivity index (χ1n) is 6.36. The van der Waals surface area contributed by atoms with Crippen molar-refractivity contribution in [2.75, 3.05) is 7.11 Å². The van der Waals surface area contributed by atoms with Crippen LogP contribution in [0.25, 0.3) is 0 Å². The largest absolute Gasteiger partial charge is 0.465 e. The third-order valence-electron chi connectivity index (χ3n) is 3.09. The van der Waals surface area contributed by atoms with Crippen molar-refractivity contribution in [1.29, 1.82) is 0 Å². The van der Waals surface area contributed by atoms with Crippen molar-refractivity contribution in [3.8, 4) is 0 Å². The quantitative estimate of drug-likeness (QED) is 0.748. The Morgan fingerprint density at radius 2 is 2.19 bits per heavy atom. The van der Waals surface area contributed by atoms with Crippen LogP contribution in [0.3, 0.4) is 0 Å². The standard InChI is InChI=1S/C15H15BrClNO2S/c1-9(13-5-6-14(17)21-13)18-8-11-4-3-10(7-12(11)16)15(19)20-2/h3-7,9,18H,8H2,1-2H3. The van der Waals surface area contributed by atoms with E-state index in [-0.39, 0.29) is 12.0 Å². The van der Waals surface area contributed by atoms with E-state index in [1.54, 1.807) is 23.5 Å². The molecular weight excluding hydrogens is 374 g/mol. The first-order chi connectivity index (χ1) is 10.0. The van der Waals surface area contributed by atoms with E-state index in [2.05, 4.69) is 28.2 Å². The van der Waals surface area contributed by atoms with Crippen LogP contribution in [0.5, 0.6) is 0 Å². The summed E-state index contributed by atoms with van der Waals surface area (Å²) in [6.45, 7) is 2.79. The minimum absolute atomic E-state index is 0.217. The Hall–Kier alpha value is -0.880. The van der Waals surface area contributed by atoms with Gasteiger partial charge in [0.2, 0.25) is 0 Å². The number of methoxy groups -OCH3 is 1. The van der Waals surface area contributed by atoms with Crippen molar-refractivity contribution in [3.63, 3.8) is 0 Å². The Morgan fingerprint density at radius 1 is 1.43 bits per heavy atom. The lowest BCUT2D eigenvalue weighted by Gasteiger charge is -2.13. The number of esters is 1. The van der Waals surface area contributed by atoms with Crippen LogP contribution in [0.1, 0.15) is 33.8 Å². The monoisotopic (exact) mass is 387 g/mol. The number of nitrogens with one attached hydrogen (secondary N) is 1. The summed E-state index contributed by atoms with van der Waals surface area (Å²) in [7, 11) is 1.37. The number of hydrogen-bond donors (Lipinski definition) is 1. The molecule has 0 amide bonds. The highest BCUT2D eigenvalue weighted by Gasteiger charge is 2.11. The number of benzene rings is 1. The molecule has 0 aliphatic rings. The summed E-state index contributed by atoms with van der Waals surface area (Å²) >= 11 is 11.0. The summed E-state index contributed by atoms with van der Waals surface area (Å²) in [5.74, 6) is -0.336. The van der Waals surface area contributed by atoms with Crippen molar-refractivity contribution >= 4 is 44.8 Å². The van der Waals surface area contributed by atoms with E-state index in [9.17, 15) is 4.79 Å². The van der Waals surface area contributed by atoms with Crippen LogP contribution < -0.4 is 5.32 Å². The molecule has 0 saturated heterocycles. The molecule has 0 bridgehead atoms. The molecule has 3 nitrogen and oxygen atoms in total. The van der Waals surface area contributed by atoms with Crippen LogP contribution in [0.4, 0.5) is 0 Å². The molecule has 2 aromatic rings. The van der Waals surface area contributed by atoms with E-state index in [4.69, 9.17) is 16.3 Å².